The molecule has 0 spiro atoms. The van der Waals surface area contributed by atoms with Crippen molar-refractivity contribution in [1.29, 1.82) is 5.41 Å². The molecule has 2 nitrogen and oxygen atoms in total. The van der Waals surface area contributed by atoms with Crippen LogP contribution in [-0.2, 0) is 5.41 Å². The average molecular weight is 785 g/mol. The molecule has 1 N–H and O–H groups in total. The maximum absolute atomic E-state index is 8.33. The Bertz CT molecular complexity index is 2600. The first kappa shape index (κ1) is 37.8. The van der Waals surface area contributed by atoms with Gasteiger partial charge in [0.05, 0.1) is 0 Å². The summed E-state index contributed by atoms with van der Waals surface area (Å²) in [7, 11) is 0. The molecule has 1 heterocycles. The van der Waals surface area contributed by atoms with Crippen molar-refractivity contribution in [2.75, 3.05) is 4.90 Å². The lowest BCUT2D eigenvalue weighted by atomic mass is 9.59. The molecular formula is C58H60N2. The van der Waals surface area contributed by atoms with Gasteiger partial charge in [0.15, 0.2) is 0 Å². The van der Waals surface area contributed by atoms with Gasteiger partial charge in [0.2, 0.25) is 0 Å². The Kier molecular flexibility index (Phi) is 9.29. The summed E-state index contributed by atoms with van der Waals surface area (Å²) >= 11 is 0. The molecule has 1 fully saturated rings. The zero-order chi connectivity index (χ0) is 40.7. The molecule has 1 saturated carbocycles. The van der Waals surface area contributed by atoms with Crippen molar-refractivity contribution in [3.63, 3.8) is 0 Å². The van der Waals surface area contributed by atoms with Crippen LogP contribution >= 0.6 is 0 Å². The molecule has 1 aliphatic heterocycles. The number of hydrogen-bond acceptors (Lipinski definition) is 2. The molecular weight excluding hydrogens is 725 g/mol. The van der Waals surface area contributed by atoms with Crippen molar-refractivity contribution in [2.24, 2.45) is 17.8 Å². The predicted octanol–water partition coefficient (Wildman–Crippen LogP) is 15.2. The van der Waals surface area contributed by atoms with Crippen LogP contribution in [0.15, 0.2) is 139 Å². The number of hydrogen-bond donors (Lipinski definition) is 1. The highest BCUT2D eigenvalue weighted by atomic mass is 15.2. The van der Waals surface area contributed by atoms with E-state index in [1.165, 1.54) is 93.6 Å². The van der Waals surface area contributed by atoms with Gasteiger partial charge in [-0.25, -0.2) is 0 Å². The van der Waals surface area contributed by atoms with Gasteiger partial charge in [-0.05, 0) is 149 Å². The zero-order valence-electron chi connectivity index (χ0n) is 36.0. The van der Waals surface area contributed by atoms with Crippen LogP contribution in [0.2, 0.25) is 0 Å². The zero-order valence-corrected chi connectivity index (χ0v) is 36.0. The molecule has 5 aromatic carbocycles. The van der Waals surface area contributed by atoms with E-state index in [1.54, 1.807) is 22.9 Å². The Morgan fingerprint density at radius 2 is 1.55 bits per heavy atom. The summed E-state index contributed by atoms with van der Waals surface area (Å²) in [5.41, 5.74) is 20.2. The van der Waals surface area contributed by atoms with Gasteiger partial charge in [-0.2, -0.15) is 0 Å². The van der Waals surface area contributed by atoms with Crippen molar-refractivity contribution >= 4 is 23.2 Å². The fraction of sp³-hybridized carbons (Fsp3) is 0.362. The Hall–Kier alpha value is -5.21. The SMILES string of the molecule is CCC(C=N)c1cc(C2=CCCC=C2)cc(C2c3ccccc3C3CC(C4CCC5C(C4)c4ccccc4N5c4ccc5c(c4)-c4ccccc4C5(C)C)CC=C3C2C)c1. The minimum atomic E-state index is 0.0261. The number of para-hydroxylation sites is 1. The molecule has 8 unspecified atom stereocenters. The normalized spacial score (nSPS) is 27.3. The van der Waals surface area contributed by atoms with Gasteiger partial charge in [-0.1, -0.05) is 149 Å². The summed E-state index contributed by atoms with van der Waals surface area (Å²) in [6, 6.07) is 43.2. The van der Waals surface area contributed by atoms with Crippen LogP contribution in [-0.4, -0.2) is 12.3 Å². The van der Waals surface area contributed by atoms with Gasteiger partial charge in [-0.3, -0.25) is 0 Å². The van der Waals surface area contributed by atoms with Crippen molar-refractivity contribution in [3.8, 4) is 11.1 Å². The maximum Gasteiger partial charge on any atom is 0.0449 e. The Balaban J connectivity index is 0.890. The molecule has 0 saturated heterocycles. The molecule has 6 aliphatic rings. The standard InChI is InChI=1S/C58H60N2/c1-5-37(35-59)41-29-42(38-15-7-6-8-16-38)31-43(30-41)57-36(2)45-26-23-39(32-50(45)46-17-9-10-20-49(46)57)40-24-28-56-52(33-40)48-19-12-14-22-55(48)60(56)44-25-27-54-51(34-44)47-18-11-13-21-53(47)58(54,3)4/h7,9-22,25-27,29-31,34-37,39-40,50,52,56-57,59H,5-6,8,23-24,28,32-33H2,1-4H3. The topological polar surface area (TPSA) is 27.1 Å². The first-order chi connectivity index (χ1) is 29.3. The summed E-state index contributed by atoms with van der Waals surface area (Å²) in [6.07, 6.45) is 20.9. The molecule has 0 bridgehead atoms. The van der Waals surface area contributed by atoms with Crippen LogP contribution in [0.3, 0.4) is 0 Å². The minimum Gasteiger partial charge on any atom is -0.337 e. The lowest BCUT2D eigenvalue weighted by Gasteiger charge is -2.46. The summed E-state index contributed by atoms with van der Waals surface area (Å²) in [5.74, 6) is 3.37. The summed E-state index contributed by atoms with van der Waals surface area (Å²) in [6.45, 7) is 9.51. The fourth-order valence-corrected chi connectivity index (χ4v) is 13.4. The van der Waals surface area contributed by atoms with Crippen molar-refractivity contribution in [2.45, 2.75) is 114 Å². The summed E-state index contributed by atoms with van der Waals surface area (Å²) in [4.78, 5) is 2.74. The molecule has 8 atom stereocenters. The van der Waals surface area contributed by atoms with Gasteiger partial charge in [0, 0.05) is 52.7 Å². The van der Waals surface area contributed by atoms with E-state index >= 15 is 0 Å². The molecule has 0 amide bonds. The molecule has 5 aromatic rings. The van der Waals surface area contributed by atoms with Crippen LogP contribution in [0, 0.1) is 23.2 Å². The van der Waals surface area contributed by atoms with Crippen LogP contribution in [0.5, 0.6) is 0 Å². The second-order valence-corrected chi connectivity index (χ2v) is 19.7. The number of allylic oxidation sites excluding steroid dienone is 6. The largest absolute Gasteiger partial charge is 0.337 e. The highest BCUT2D eigenvalue weighted by Crippen LogP contribution is 2.59. The number of rotatable bonds is 7. The maximum atomic E-state index is 8.33. The average Bonchev–Trinajstić information content (AvgIpc) is 3.74. The van der Waals surface area contributed by atoms with E-state index in [1.807, 2.05) is 0 Å². The number of nitrogens with zero attached hydrogens (tertiary/aromatic N) is 1. The lowest BCUT2D eigenvalue weighted by Crippen LogP contribution is -2.38. The quantitative estimate of drug-likeness (QED) is 0.129. The van der Waals surface area contributed by atoms with Crippen LogP contribution in [0.25, 0.3) is 16.7 Å². The summed E-state index contributed by atoms with van der Waals surface area (Å²) < 4.78 is 0. The van der Waals surface area contributed by atoms with Gasteiger partial charge in [0.1, 0.15) is 0 Å². The molecule has 302 valence electrons. The van der Waals surface area contributed by atoms with E-state index in [0.717, 1.165) is 25.2 Å². The van der Waals surface area contributed by atoms with Crippen molar-refractivity contribution < 1.29 is 0 Å². The minimum absolute atomic E-state index is 0.0261. The highest BCUT2D eigenvalue weighted by Gasteiger charge is 2.47. The van der Waals surface area contributed by atoms with E-state index in [-0.39, 0.29) is 11.3 Å². The first-order valence-corrected chi connectivity index (χ1v) is 23.3. The van der Waals surface area contributed by atoms with Crippen molar-refractivity contribution in [1.82, 2.24) is 0 Å². The van der Waals surface area contributed by atoms with Gasteiger partial charge in [-0.15, -0.1) is 0 Å². The molecule has 0 aromatic heterocycles. The Labute approximate surface area is 358 Å². The van der Waals surface area contributed by atoms with Gasteiger partial charge < -0.3 is 10.3 Å². The molecule has 0 radical (unpaired) electrons. The molecule has 5 aliphatic carbocycles. The third-order valence-corrected chi connectivity index (χ3v) is 16.4. The van der Waals surface area contributed by atoms with Gasteiger partial charge >= 0.3 is 0 Å². The Morgan fingerprint density at radius 3 is 2.37 bits per heavy atom. The van der Waals surface area contributed by atoms with Gasteiger partial charge in [0.25, 0.3) is 0 Å². The summed E-state index contributed by atoms with van der Waals surface area (Å²) in [5, 5.41) is 8.33. The number of nitrogens with one attached hydrogen (secondary N) is 1. The van der Waals surface area contributed by atoms with E-state index < -0.39 is 0 Å². The molecule has 2 heteroatoms. The second kappa shape index (κ2) is 14.8. The third-order valence-electron chi connectivity index (χ3n) is 16.4. The number of anilines is 2. The number of benzene rings is 5. The lowest BCUT2D eigenvalue weighted by molar-refractivity contribution is 0.193. The Morgan fingerprint density at radius 1 is 0.767 bits per heavy atom. The van der Waals surface area contributed by atoms with Crippen molar-refractivity contribution in [3.05, 3.63) is 184 Å². The second-order valence-electron chi connectivity index (χ2n) is 19.7. The molecule has 60 heavy (non-hydrogen) atoms. The first-order valence-electron chi connectivity index (χ1n) is 23.3. The smallest absolute Gasteiger partial charge is 0.0449 e. The molecule has 11 rings (SSSR count). The monoisotopic (exact) mass is 784 g/mol. The van der Waals surface area contributed by atoms with E-state index in [0.29, 0.717) is 35.6 Å². The van der Waals surface area contributed by atoms with Crippen LogP contribution in [0.4, 0.5) is 11.4 Å². The van der Waals surface area contributed by atoms with E-state index in [4.69, 9.17) is 5.41 Å². The van der Waals surface area contributed by atoms with E-state index in [9.17, 15) is 0 Å². The predicted molar refractivity (Wildman–Crippen MR) is 252 cm³/mol. The highest BCUT2D eigenvalue weighted by molar-refractivity contribution is 5.85. The number of fused-ring (bicyclic) bond motifs is 9. The fourth-order valence-electron chi connectivity index (χ4n) is 13.4. The van der Waals surface area contributed by atoms with Crippen LogP contribution < -0.4 is 4.90 Å². The van der Waals surface area contributed by atoms with Crippen LogP contribution in [0.1, 0.15) is 147 Å². The third kappa shape index (κ3) is 5.91. The van der Waals surface area contributed by atoms with E-state index in [2.05, 4.69) is 166 Å².